The van der Waals surface area contributed by atoms with Gasteiger partial charge in [0.2, 0.25) is 0 Å². The molecule has 0 heterocycles. The van der Waals surface area contributed by atoms with E-state index in [0.717, 1.165) is 38.5 Å². The van der Waals surface area contributed by atoms with E-state index in [-0.39, 0.29) is 5.92 Å². The minimum Gasteiger partial charge on any atom is -0.393 e. The van der Waals surface area contributed by atoms with Gasteiger partial charge in [0.1, 0.15) is 0 Å². The minimum absolute atomic E-state index is 0.292. The van der Waals surface area contributed by atoms with Gasteiger partial charge in [-0.15, -0.1) is 0 Å². The molecule has 0 rings (SSSR count). The fourth-order valence-electron chi connectivity index (χ4n) is 3.75. The second-order valence-corrected chi connectivity index (χ2v) is 8.66. The van der Waals surface area contributed by atoms with Crippen LogP contribution in [-0.4, -0.2) is 34.9 Å². The van der Waals surface area contributed by atoms with Crippen LogP contribution in [0.2, 0.25) is 0 Å². The SMILES string of the molecule is CCCCCCCCCCC(CCCCCCCCCC)C(=O)OC(=O)C(O)CO. The van der Waals surface area contributed by atoms with E-state index in [1.54, 1.807) is 0 Å². The van der Waals surface area contributed by atoms with Crippen LogP contribution in [0.15, 0.2) is 0 Å². The van der Waals surface area contributed by atoms with Gasteiger partial charge in [-0.2, -0.15) is 0 Å². The van der Waals surface area contributed by atoms with Gasteiger partial charge in [-0.25, -0.2) is 4.79 Å². The van der Waals surface area contributed by atoms with Gasteiger partial charge in [-0.3, -0.25) is 4.79 Å². The molecular formula is C25H48O5. The monoisotopic (exact) mass is 428 g/mol. The van der Waals surface area contributed by atoms with E-state index in [0.29, 0.717) is 0 Å². The zero-order chi connectivity index (χ0) is 22.5. The molecule has 0 aliphatic heterocycles. The number of hydrogen-bond donors (Lipinski definition) is 2. The van der Waals surface area contributed by atoms with Crippen molar-refractivity contribution in [3.63, 3.8) is 0 Å². The topological polar surface area (TPSA) is 83.8 Å². The summed E-state index contributed by atoms with van der Waals surface area (Å²) in [6, 6.07) is 0. The molecule has 5 heteroatoms. The standard InChI is InChI=1S/C25H48O5/c1-3-5-7-9-11-13-15-17-19-22(24(28)30-25(29)23(27)21-26)20-18-16-14-12-10-8-6-4-2/h22-23,26-27H,3-21H2,1-2H3. The molecule has 0 radical (unpaired) electrons. The van der Waals surface area contributed by atoms with Gasteiger partial charge >= 0.3 is 11.9 Å². The maximum Gasteiger partial charge on any atom is 0.345 e. The number of carbonyl (C=O) groups is 2. The highest BCUT2D eigenvalue weighted by Crippen LogP contribution is 2.21. The Labute approximate surface area is 185 Å². The third-order valence-corrected chi connectivity index (χ3v) is 5.79. The van der Waals surface area contributed by atoms with Crippen LogP contribution in [0.3, 0.4) is 0 Å². The lowest BCUT2D eigenvalue weighted by Gasteiger charge is -2.16. The average molecular weight is 429 g/mol. The van der Waals surface area contributed by atoms with Crippen LogP contribution >= 0.6 is 0 Å². The summed E-state index contributed by atoms with van der Waals surface area (Å²) in [5, 5.41) is 18.2. The molecule has 0 aromatic heterocycles. The number of ether oxygens (including phenoxy) is 1. The summed E-state index contributed by atoms with van der Waals surface area (Å²) in [5.41, 5.74) is 0. The second-order valence-electron chi connectivity index (χ2n) is 8.66. The largest absolute Gasteiger partial charge is 0.393 e. The van der Waals surface area contributed by atoms with E-state index in [1.165, 1.54) is 77.0 Å². The van der Waals surface area contributed by atoms with Crippen molar-refractivity contribution in [1.82, 2.24) is 0 Å². The molecule has 0 saturated carbocycles. The van der Waals surface area contributed by atoms with Crippen LogP contribution < -0.4 is 0 Å². The van der Waals surface area contributed by atoms with Crippen molar-refractivity contribution in [3.8, 4) is 0 Å². The molecule has 2 N–H and O–H groups in total. The molecule has 0 aliphatic rings. The van der Waals surface area contributed by atoms with Crippen molar-refractivity contribution in [1.29, 1.82) is 0 Å². The molecular weight excluding hydrogens is 380 g/mol. The van der Waals surface area contributed by atoms with Crippen LogP contribution in [0, 0.1) is 5.92 Å². The smallest absolute Gasteiger partial charge is 0.345 e. The Balaban J connectivity index is 4.21. The zero-order valence-electron chi connectivity index (χ0n) is 19.7. The summed E-state index contributed by atoms with van der Waals surface area (Å²) in [4.78, 5) is 24.1. The fourth-order valence-corrected chi connectivity index (χ4v) is 3.75. The van der Waals surface area contributed by atoms with Crippen LogP contribution in [0.4, 0.5) is 0 Å². The number of aliphatic hydroxyl groups is 2. The number of esters is 2. The van der Waals surface area contributed by atoms with E-state index in [1.807, 2.05) is 0 Å². The minimum atomic E-state index is -1.64. The molecule has 5 nitrogen and oxygen atoms in total. The molecule has 0 aromatic rings. The normalized spacial score (nSPS) is 12.3. The Morgan fingerprint density at radius 2 is 1.00 bits per heavy atom. The van der Waals surface area contributed by atoms with Gasteiger partial charge in [-0.1, -0.05) is 117 Å². The predicted molar refractivity (Wildman–Crippen MR) is 122 cm³/mol. The number of unbranched alkanes of at least 4 members (excludes halogenated alkanes) is 14. The van der Waals surface area contributed by atoms with Crippen molar-refractivity contribution in [2.24, 2.45) is 5.92 Å². The molecule has 1 atom stereocenters. The third-order valence-electron chi connectivity index (χ3n) is 5.79. The third kappa shape index (κ3) is 16.8. The molecule has 0 saturated heterocycles. The first-order chi connectivity index (χ1) is 14.6. The van der Waals surface area contributed by atoms with Gasteiger partial charge in [0, 0.05) is 0 Å². The summed E-state index contributed by atoms with van der Waals surface area (Å²) in [6.45, 7) is 3.71. The Hall–Kier alpha value is -0.940. The maximum absolute atomic E-state index is 12.4. The molecule has 0 bridgehead atoms. The highest BCUT2D eigenvalue weighted by molar-refractivity contribution is 5.88. The molecule has 1 unspecified atom stereocenters. The van der Waals surface area contributed by atoms with E-state index >= 15 is 0 Å². The summed E-state index contributed by atoms with van der Waals surface area (Å²) in [5.74, 6) is -1.88. The summed E-state index contributed by atoms with van der Waals surface area (Å²) in [6.07, 6.45) is 19.1. The highest BCUT2D eigenvalue weighted by Gasteiger charge is 2.25. The Bertz CT molecular complexity index is 390. The van der Waals surface area contributed by atoms with Crippen molar-refractivity contribution in [2.45, 2.75) is 136 Å². The van der Waals surface area contributed by atoms with E-state index in [2.05, 4.69) is 13.8 Å². The van der Waals surface area contributed by atoms with Crippen LogP contribution in [0.1, 0.15) is 129 Å². The molecule has 178 valence electrons. The fraction of sp³-hybridized carbons (Fsp3) is 0.920. The van der Waals surface area contributed by atoms with E-state index in [9.17, 15) is 14.7 Å². The lowest BCUT2D eigenvalue weighted by Crippen LogP contribution is -2.31. The first-order valence-electron chi connectivity index (χ1n) is 12.6. The molecule has 0 amide bonds. The first kappa shape index (κ1) is 29.1. The van der Waals surface area contributed by atoms with Gasteiger partial charge in [-0.05, 0) is 12.8 Å². The quantitative estimate of drug-likeness (QED) is 0.131. The van der Waals surface area contributed by atoms with Crippen LogP contribution in [0.25, 0.3) is 0 Å². The number of carbonyl (C=O) groups excluding carboxylic acids is 2. The number of aliphatic hydroxyl groups excluding tert-OH is 2. The molecule has 0 spiro atoms. The van der Waals surface area contributed by atoms with E-state index < -0.39 is 24.6 Å². The van der Waals surface area contributed by atoms with Gasteiger partial charge in [0.25, 0.3) is 0 Å². The predicted octanol–water partition coefficient (Wildman–Crippen LogP) is 6.09. The lowest BCUT2D eigenvalue weighted by molar-refractivity contribution is -0.170. The highest BCUT2D eigenvalue weighted by atomic mass is 16.6. The molecule has 30 heavy (non-hydrogen) atoms. The Morgan fingerprint density at radius 3 is 1.37 bits per heavy atom. The Morgan fingerprint density at radius 1 is 0.633 bits per heavy atom. The van der Waals surface area contributed by atoms with Gasteiger partial charge in [0.05, 0.1) is 12.5 Å². The van der Waals surface area contributed by atoms with Gasteiger partial charge in [0.15, 0.2) is 6.10 Å². The van der Waals surface area contributed by atoms with Crippen LogP contribution in [-0.2, 0) is 14.3 Å². The van der Waals surface area contributed by atoms with Crippen molar-refractivity contribution in [2.75, 3.05) is 6.61 Å². The molecule has 0 aliphatic carbocycles. The molecule has 0 aromatic carbocycles. The van der Waals surface area contributed by atoms with Crippen molar-refractivity contribution >= 4 is 11.9 Å². The number of rotatable bonds is 21. The van der Waals surface area contributed by atoms with Crippen molar-refractivity contribution < 1.29 is 24.5 Å². The van der Waals surface area contributed by atoms with E-state index in [4.69, 9.17) is 9.84 Å². The Kier molecular flexibility index (Phi) is 20.6. The molecule has 0 fully saturated rings. The van der Waals surface area contributed by atoms with Crippen molar-refractivity contribution in [3.05, 3.63) is 0 Å². The zero-order valence-corrected chi connectivity index (χ0v) is 19.7. The summed E-state index contributed by atoms with van der Waals surface area (Å²) in [7, 11) is 0. The van der Waals surface area contributed by atoms with Crippen LogP contribution in [0.5, 0.6) is 0 Å². The van der Waals surface area contributed by atoms with Gasteiger partial charge < -0.3 is 14.9 Å². The second kappa shape index (κ2) is 21.3. The average Bonchev–Trinajstić information content (AvgIpc) is 2.75. The number of hydrogen-bond acceptors (Lipinski definition) is 5. The summed E-state index contributed by atoms with van der Waals surface area (Å²) < 4.78 is 4.82. The lowest BCUT2D eigenvalue weighted by atomic mass is 9.94. The maximum atomic E-state index is 12.4. The summed E-state index contributed by atoms with van der Waals surface area (Å²) >= 11 is 0. The first-order valence-corrected chi connectivity index (χ1v) is 12.6.